The Morgan fingerprint density at radius 2 is 0.621 bits per heavy atom. The van der Waals surface area contributed by atoms with E-state index in [1.54, 1.807) is 0 Å². The first-order valence-electron chi connectivity index (χ1n) is 36.0. The number of hydrogen-bond acceptors (Lipinski definition) is 8. The lowest BCUT2D eigenvalue weighted by Crippen LogP contribution is -2.44. The number of nitrogens with zero attached hydrogens (tertiary/aromatic N) is 1. The summed E-state index contributed by atoms with van der Waals surface area (Å²) in [5.41, 5.74) is 0. The molecule has 0 fully saturated rings. The van der Waals surface area contributed by atoms with E-state index in [2.05, 4.69) is 123 Å². The minimum absolute atomic E-state index is 0.141. The quantitative estimate of drug-likeness (QED) is 0.0195. The van der Waals surface area contributed by atoms with E-state index >= 15 is 0 Å². The Balaban J connectivity index is 3.98. The lowest BCUT2D eigenvalue weighted by Gasteiger charge is -2.26. The van der Waals surface area contributed by atoms with Crippen LogP contribution < -0.4 is 5.11 Å². The number of hydrogen-bond donors (Lipinski definition) is 0. The van der Waals surface area contributed by atoms with Gasteiger partial charge in [-0.25, -0.2) is 0 Å². The Bertz CT molecular complexity index is 1800. The summed E-state index contributed by atoms with van der Waals surface area (Å²) in [5, 5.41) is 11.8. The number of carboxylic acids is 1. The first kappa shape index (κ1) is 83.0. The summed E-state index contributed by atoms with van der Waals surface area (Å²) in [6, 6.07) is 0. The van der Waals surface area contributed by atoms with E-state index < -0.39 is 24.3 Å². The van der Waals surface area contributed by atoms with Crippen LogP contribution in [0.3, 0.4) is 0 Å². The molecule has 0 bridgehead atoms. The highest BCUT2D eigenvalue weighted by atomic mass is 16.7. The lowest BCUT2D eigenvalue weighted by molar-refractivity contribution is -0.870. The van der Waals surface area contributed by atoms with E-state index in [1.165, 1.54) is 167 Å². The smallest absolute Gasteiger partial charge is 0.306 e. The maximum Gasteiger partial charge on any atom is 0.306 e. The van der Waals surface area contributed by atoms with Crippen LogP contribution in [0.15, 0.2) is 109 Å². The van der Waals surface area contributed by atoms with E-state index in [4.69, 9.17) is 18.9 Å². The highest BCUT2D eigenvalue weighted by Gasteiger charge is 2.22. The Morgan fingerprint density at radius 1 is 0.345 bits per heavy atom. The van der Waals surface area contributed by atoms with Crippen LogP contribution in [0.1, 0.15) is 309 Å². The third kappa shape index (κ3) is 69.3. The topological polar surface area (TPSA) is 111 Å². The largest absolute Gasteiger partial charge is 0.545 e. The zero-order valence-corrected chi connectivity index (χ0v) is 57.1. The summed E-state index contributed by atoms with van der Waals surface area (Å²) in [5.74, 6) is -2.30. The van der Waals surface area contributed by atoms with Crippen molar-refractivity contribution in [3.05, 3.63) is 109 Å². The van der Waals surface area contributed by atoms with Crippen molar-refractivity contribution >= 4 is 17.9 Å². The molecule has 0 N–H and O–H groups in total. The van der Waals surface area contributed by atoms with E-state index in [1.807, 2.05) is 21.1 Å². The van der Waals surface area contributed by atoms with Gasteiger partial charge in [0, 0.05) is 12.8 Å². The molecule has 0 aliphatic carbocycles. The third-order valence-corrected chi connectivity index (χ3v) is 15.5. The van der Waals surface area contributed by atoms with Gasteiger partial charge in [-0.3, -0.25) is 9.59 Å². The van der Waals surface area contributed by atoms with Crippen molar-refractivity contribution in [1.82, 2.24) is 0 Å². The van der Waals surface area contributed by atoms with Gasteiger partial charge in [0.15, 0.2) is 12.4 Å². The van der Waals surface area contributed by atoms with Gasteiger partial charge < -0.3 is 33.3 Å². The molecule has 9 nitrogen and oxygen atoms in total. The van der Waals surface area contributed by atoms with Crippen molar-refractivity contribution in [2.75, 3.05) is 47.5 Å². The Hall–Kier alpha value is -4.05. The third-order valence-electron chi connectivity index (χ3n) is 15.5. The highest BCUT2D eigenvalue weighted by molar-refractivity contribution is 5.70. The van der Waals surface area contributed by atoms with E-state index in [9.17, 15) is 19.5 Å². The molecule has 0 radical (unpaired) electrons. The average Bonchev–Trinajstić information content (AvgIpc) is 3.57. The summed E-state index contributed by atoms with van der Waals surface area (Å²) < 4.78 is 22.8. The van der Waals surface area contributed by atoms with Crippen molar-refractivity contribution in [2.24, 2.45) is 0 Å². The molecule has 9 heteroatoms. The van der Waals surface area contributed by atoms with Gasteiger partial charge in [0.05, 0.1) is 40.3 Å². The minimum atomic E-state index is -1.63. The van der Waals surface area contributed by atoms with Crippen LogP contribution >= 0.6 is 0 Å². The SMILES string of the molecule is CC/C=C\C/C=C\C/C=C\C/C=C\C/C=C\CCCCCCCC(=O)OC(COC(=O)CCCCCCCCCCCCCCCCCCCCCCCCCCCCCC/C=C\C/C=C\C/C=C\C/C=C\CC)COC(OCC[N+](C)(C)C)C(=O)[O-]. The van der Waals surface area contributed by atoms with E-state index in [0.29, 0.717) is 17.4 Å². The van der Waals surface area contributed by atoms with Crippen LogP contribution in [-0.2, 0) is 33.3 Å². The fraction of sp³-hybridized carbons (Fsp3) is 0.731. The second-order valence-corrected chi connectivity index (χ2v) is 25.1. The molecule has 0 aromatic heterocycles. The van der Waals surface area contributed by atoms with Gasteiger partial charge in [0.25, 0.3) is 0 Å². The van der Waals surface area contributed by atoms with Gasteiger partial charge in [-0.05, 0) is 96.3 Å². The number of allylic oxidation sites excluding steroid dienone is 18. The normalized spacial score (nSPS) is 13.3. The van der Waals surface area contributed by atoms with E-state index in [-0.39, 0.29) is 38.6 Å². The monoisotopic (exact) mass is 1210 g/mol. The second-order valence-electron chi connectivity index (χ2n) is 25.1. The standard InChI is InChI=1S/C78H135NO8/c1-6-8-10-12-14-16-18-20-22-24-26-28-29-30-31-32-33-34-35-36-37-38-39-40-41-42-43-44-45-46-47-49-50-52-54-56-58-60-62-64-66-68-75(80)85-72-74(73-86-78(77(82)83)84-71-70-79(3,4)5)87-76(81)69-67-65-63-61-59-57-55-53-51-48-27-25-23-21-19-17-15-13-11-9-7-2/h8-11,14-17,20-23,26-28,48,53,55,74,78H,6-7,12-13,18-19,24-25,29-47,49-52,54,56-73H2,1-5H3/b10-8-,11-9-,16-14-,17-15-,22-20-,23-21-,28-26-,48-27-,55-53-. The first-order valence-corrected chi connectivity index (χ1v) is 36.0. The lowest BCUT2D eigenvalue weighted by atomic mass is 10.0. The number of quaternary nitrogens is 1. The number of rotatable bonds is 66. The highest BCUT2D eigenvalue weighted by Crippen LogP contribution is 2.18. The molecular formula is C78H135NO8. The summed E-state index contributed by atoms with van der Waals surface area (Å²) in [7, 11) is 5.92. The molecule has 2 unspecified atom stereocenters. The Kier molecular flexibility index (Phi) is 64.7. The van der Waals surface area contributed by atoms with Crippen molar-refractivity contribution in [3.63, 3.8) is 0 Å². The second kappa shape index (κ2) is 67.9. The van der Waals surface area contributed by atoms with Crippen LogP contribution in [0.2, 0.25) is 0 Å². The molecule has 87 heavy (non-hydrogen) atoms. The number of carboxylic acid groups (broad SMARTS) is 1. The Morgan fingerprint density at radius 3 is 0.920 bits per heavy atom. The number of aliphatic carboxylic acids is 1. The van der Waals surface area contributed by atoms with Crippen molar-refractivity contribution in [1.29, 1.82) is 0 Å². The molecule has 2 atom stereocenters. The number of unbranched alkanes of at least 4 members (excludes halogenated alkanes) is 33. The molecule has 0 aromatic rings. The van der Waals surface area contributed by atoms with Crippen LogP contribution in [0.4, 0.5) is 0 Å². The van der Waals surface area contributed by atoms with Gasteiger partial charge in [-0.15, -0.1) is 0 Å². The van der Waals surface area contributed by atoms with Crippen molar-refractivity contribution < 1.29 is 42.9 Å². The van der Waals surface area contributed by atoms with E-state index in [0.717, 1.165) is 109 Å². The van der Waals surface area contributed by atoms with Gasteiger partial charge in [-0.2, -0.15) is 0 Å². The molecular weight excluding hydrogens is 1080 g/mol. The number of carbonyl (C=O) groups excluding carboxylic acids is 3. The summed E-state index contributed by atoms with van der Waals surface area (Å²) in [6.45, 7) is 4.52. The number of carbonyl (C=O) groups is 3. The number of ether oxygens (including phenoxy) is 4. The zero-order chi connectivity index (χ0) is 63.3. The van der Waals surface area contributed by atoms with Gasteiger partial charge >= 0.3 is 11.9 Å². The molecule has 0 saturated carbocycles. The van der Waals surface area contributed by atoms with Crippen molar-refractivity contribution in [2.45, 2.75) is 322 Å². The Labute approximate surface area is 536 Å². The van der Waals surface area contributed by atoms with Gasteiger partial charge in [0.1, 0.15) is 13.2 Å². The van der Waals surface area contributed by atoms with Crippen LogP contribution in [0, 0.1) is 0 Å². The zero-order valence-electron chi connectivity index (χ0n) is 57.1. The predicted molar refractivity (Wildman–Crippen MR) is 370 cm³/mol. The van der Waals surface area contributed by atoms with Gasteiger partial charge in [-0.1, -0.05) is 309 Å². The molecule has 0 rings (SSSR count). The molecule has 0 amide bonds. The fourth-order valence-electron chi connectivity index (χ4n) is 10.1. The molecule has 0 saturated heterocycles. The summed E-state index contributed by atoms with van der Waals surface area (Å²) in [6.07, 6.45) is 92.0. The average molecular weight is 1210 g/mol. The molecule has 0 aromatic carbocycles. The fourth-order valence-corrected chi connectivity index (χ4v) is 10.1. The molecule has 0 aliphatic rings. The minimum Gasteiger partial charge on any atom is -0.545 e. The van der Waals surface area contributed by atoms with Crippen molar-refractivity contribution in [3.8, 4) is 0 Å². The molecule has 0 heterocycles. The summed E-state index contributed by atoms with van der Waals surface area (Å²) in [4.78, 5) is 37.5. The van der Waals surface area contributed by atoms with Crippen LogP contribution in [-0.4, -0.2) is 82.3 Å². The molecule has 0 aliphatic heterocycles. The summed E-state index contributed by atoms with van der Waals surface area (Å²) >= 11 is 0. The molecule has 500 valence electrons. The van der Waals surface area contributed by atoms with Crippen LogP contribution in [0.25, 0.3) is 0 Å². The number of likely N-dealkylation sites (N-methyl/N-ethyl adjacent to an activating group) is 1. The maximum atomic E-state index is 12.9. The predicted octanol–water partition coefficient (Wildman–Crippen LogP) is 21.2. The van der Waals surface area contributed by atoms with Crippen LogP contribution in [0.5, 0.6) is 0 Å². The number of esters is 2. The van der Waals surface area contributed by atoms with Gasteiger partial charge in [0.2, 0.25) is 0 Å². The molecule has 0 spiro atoms. The first-order chi connectivity index (χ1) is 42.6. The maximum absolute atomic E-state index is 12.9.